The van der Waals surface area contributed by atoms with E-state index in [1.165, 1.54) is 0 Å². The number of carbonyl (C=O) groups excluding carboxylic acids is 2. The fraction of sp³-hybridized carbons (Fsp3) is 0.300. The Morgan fingerprint density at radius 2 is 1.88 bits per heavy atom. The molecule has 0 saturated carbocycles. The summed E-state index contributed by atoms with van der Waals surface area (Å²) in [5.41, 5.74) is 2.22. The second-order valence-electron chi connectivity index (χ2n) is 6.33. The van der Waals surface area contributed by atoms with Crippen molar-refractivity contribution in [3.05, 3.63) is 64.7 Å². The first-order chi connectivity index (χ1) is 12.1. The van der Waals surface area contributed by atoms with Crippen molar-refractivity contribution >= 4 is 29.1 Å². The van der Waals surface area contributed by atoms with E-state index in [1.54, 1.807) is 23.1 Å². The number of likely N-dealkylation sites (tertiary alicyclic amines) is 1. The summed E-state index contributed by atoms with van der Waals surface area (Å²) in [5, 5.41) is 3.51. The van der Waals surface area contributed by atoms with Crippen LogP contribution in [0.2, 0.25) is 5.02 Å². The van der Waals surface area contributed by atoms with Gasteiger partial charge in [-0.15, -0.1) is 0 Å². The van der Waals surface area contributed by atoms with Gasteiger partial charge in [0, 0.05) is 22.8 Å². The smallest absolute Gasteiger partial charge is 0.254 e. The number of nitrogens with one attached hydrogen (secondary N) is 1. The van der Waals surface area contributed by atoms with E-state index in [0.717, 1.165) is 18.4 Å². The molecule has 130 valence electrons. The zero-order valence-electron chi connectivity index (χ0n) is 14.2. The zero-order chi connectivity index (χ0) is 17.8. The summed E-state index contributed by atoms with van der Waals surface area (Å²) in [7, 11) is 0. The highest BCUT2D eigenvalue weighted by Crippen LogP contribution is 2.23. The Labute approximate surface area is 152 Å². The molecule has 0 spiro atoms. The Hall–Kier alpha value is -2.33. The molecule has 1 fully saturated rings. The quantitative estimate of drug-likeness (QED) is 0.892. The van der Waals surface area contributed by atoms with Crippen LogP contribution in [-0.2, 0) is 4.79 Å². The molecule has 3 rings (SSSR count). The Kier molecular flexibility index (Phi) is 5.39. The minimum absolute atomic E-state index is 0.0950. The molecule has 25 heavy (non-hydrogen) atoms. The third-order valence-electron chi connectivity index (χ3n) is 4.53. The topological polar surface area (TPSA) is 49.4 Å². The molecule has 0 radical (unpaired) electrons. The number of hydrogen-bond acceptors (Lipinski definition) is 2. The second-order valence-corrected chi connectivity index (χ2v) is 6.74. The minimum Gasteiger partial charge on any atom is -0.327 e. The lowest BCUT2D eigenvalue weighted by atomic mass is 10.00. The van der Waals surface area contributed by atoms with Crippen LogP contribution in [0.4, 0.5) is 5.69 Å². The lowest BCUT2D eigenvalue weighted by molar-refractivity contribution is -0.121. The van der Waals surface area contributed by atoms with Crippen molar-refractivity contribution in [2.75, 3.05) is 11.9 Å². The normalized spacial score (nSPS) is 17.2. The van der Waals surface area contributed by atoms with Gasteiger partial charge in [0.15, 0.2) is 0 Å². The molecule has 2 aromatic rings. The van der Waals surface area contributed by atoms with Crippen molar-refractivity contribution in [3.63, 3.8) is 0 Å². The van der Waals surface area contributed by atoms with Gasteiger partial charge < -0.3 is 10.2 Å². The van der Waals surface area contributed by atoms with Gasteiger partial charge in [0.1, 0.15) is 6.04 Å². The van der Waals surface area contributed by atoms with E-state index in [4.69, 9.17) is 11.6 Å². The fourth-order valence-electron chi connectivity index (χ4n) is 3.09. The molecule has 1 saturated heterocycles. The van der Waals surface area contributed by atoms with Crippen LogP contribution in [0.5, 0.6) is 0 Å². The van der Waals surface area contributed by atoms with E-state index in [2.05, 4.69) is 5.32 Å². The highest BCUT2D eigenvalue weighted by molar-refractivity contribution is 6.31. The third-order valence-corrected chi connectivity index (χ3v) is 4.93. The predicted octanol–water partition coefficient (Wildman–Crippen LogP) is 4.28. The highest BCUT2D eigenvalue weighted by atomic mass is 35.5. The lowest BCUT2D eigenvalue weighted by Gasteiger charge is -2.34. The maximum Gasteiger partial charge on any atom is 0.254 e. The fourth-order valence-corrected chi connectivity index (χ4v) is 3.27. The second kappa shape index (κ2) is 7.70. The van der Waals surface area contributed by atoms with Gasteiger partial charge >= 0.3 is 0 Å². The number of anilines is 1. The number of piperidine rings is 1. The SMILES string of the molecule is Cc1ccc(NC(=O)[C@H]2CCCCN2C(=O)c2ccccc2)cc1Cl. The van der Waals surface area contributed by atoms with Crippen molar-refractivity contribution in [2.45, 2.75) is 32.2 Å². The number of nitrogens with zero attached hydrogens (tertiary/aromatic N) is 1. The molecule has 1 aliphatic heterocycles. The molecule has 0 bridgehead atoms. The number of rotatable bonds is 3. The number of hydrogen-bond donors (Lipinski definition) is 1. The van der Waals surface area contributed by atoms with E-state index >= 15 is 0 Å². The predicted molar refractivity (Wildman–Crippen MR) is 99.9 cm³/mol. The number of halogens is 1. The van der Waals surface area contributed by atoms with Crippen LogP contribution in [0.15, 0.2) is 48.5 Å². The molecule has 5 heteroatoms. The monoisotopic (exact) mass is 356 g/mol. The van der Waals surface area contributed by atoms with Gasteiger partial charge in [-0.3, -0.25) is 9.59 Å². The summed E-state index contributed by atoms with van der Waals surface area (Å²) in [5.74, 6) is -0.258. The van der Waals surface area contributed by atoms with E-state index in [9.17, 15) is 9.59 Å². The van der Waals surface area contributed by atoms with Crippen LogP contribution < -0.4 is 5.32 Å². The maximum absolute atomic E-state index is 12.8. The molecule has 2 amide bonds. The Morgan fingerprint density at radius 1 is 1.12 bits per heavy atom. The molecule has 0 aromatic heterocycles. The maximum atomic E-state index is 12.8. The molecule has 1 aliphatic rings. The van der Waals surface area contributed by atoms with Crippen molar-refractivity contribution in [2.24, 2.45) is 0 Å². The Balaban J connectivity index is 1.77. The summed E-state index contributed by atoms with van der Waals surface area (Å²) in [4.78, 5) is 27.2. The highest BCUT2D eigenvalue weighted by Gasteiger charge is 2.32. The van der Waals surface area contributed by atoms with Crippen molar-refractivity contribution < 1.29 is 9.59 Å². The molecule has 0 aliphatic carbocycles. The molecular formula is C20H21ClN2O2. The Morgan fingerprint density at radius 3 is 2.60 bits per heavy atom. The molecule has 1 atom stereocenters. The number of carbonyl (C=O) groups is 2. The largest absolute Gasteiger partial charge is 0.327 e. The first kappa shape index (κ1) is 17.5. The van der Waals surface area contributed by atoms with E-state index in [0.29, 0.717) is 29.2 Å². The molecular weight excluding hydrogens is 336 g/mol. The van der Waals surface area contributed by atoms with E-state index < -0.39 is 6.04 Å². The summed E-state index contributed by atoms with van der Waals surface area (Å²) in [6.45, 7) is 2.51. The van der Waals surface area contributed by atoms with Crippen molar-refractivity contribution in [1.29, 1.82) is 0 Å². The van der Waals surface area contributed by atoms with Gasteiger partial charge in [-0.25, -0.2) is 0 Å². The van der Waals surface area contributed by atoms with Gasteiger partial charge in [0.25, 0.3) is 5.91 Å². The standard InChI is InChI=1S/C20H21ClN2O2/c1-14-10-11-16(13-17(14)21)22-19(24)18-9-5-6-12-23(18)20(25)15-7-3-2-4-8-15/h2-4,7-8,10-11,13,18H,5-6,9,12H2,1H3,(H,22,24)/t18-/m1/s1. The molecule has 2 aromatic carbocycles. The Bertz CT molecular complexity index is 777. The number of benzene rings is 2. The van der Waals surface area contributed by atoms with Crippen LogP contribution in [0.25, 0.3) is 0 Å². The van der Waals surface area contributed by atoms with Crippen molar-refractivity contribution in [1.82, 2.24) is 4.90 Å². The zero-order valence-corrected chi connectivity index (χ0v) is 14.9. The van der Waals surface area contributed by atoms with Crippen LogP contribution in [-0.4, -0.2) is 29.3 Å². The van der Waals surface area contributed by atoms with Gasteiger partial charge in [-0.2, -0.15) is 0 Å². The van der Waals surface area contributed by atoms with Gasteiger partial charge in [0.2, 0.25) is 5.91 Å². The summed E-state index contributed by atoms with van der Waals surface area (Å²) in [6, 6.07) is 14.1. The lowest BCUT2D eigenvalue weighted by Crippen LogP contribution is -2.50. The van der Waals surface area contributed by atoms with Gasteiger partial charge in [-0.1, -0.05) is 35.9 Å². The number of amides is 2. The van der Waals surface area contributed by atoms with Crippen LogP contribution >= 0.6 is 11.6 Å². The van der Waals surface area contributed by atoms with Gasteiger partial charge in [-0.05, 0) is 56.0 Å². The van der Waals surface area contributed by atoms with Crippen LogP contribution in [0.1, 0.15) is 35.2 Å². The molecule has 0 unspecified atom stereocenters. The van der Waals surface area contributed by atoms with E-state index in [1.807, 2.05) is 37.3 Å². The minimum atomic E-state index is -0.457. The molecule has 1 heterocycles. The average molecular weight is 357 g/mol. The van der Waals surface area contributed by atoms with Gasteiger partial charge in [0.05, 0.1) is 0 Å². The molecule has 4 nitrogen and oxygen atoms in total. The van der Waals surface area contributed by atoms with Crippen LogP contribution in [0, 0.1) is 6.92 Å². The summed E-state index contributed by atoms with van der Waals surface area (Å²) >= 11 is 6.13. The third kappa shape index (κ3) is 4.02. The molecule has 1 N–H and O–H groups in total. The summed E-state index contributed by atoms with van der Waals surface area (Å²) < 4.78 is 0. The first-order valence-electron chi connectivity index (χ1n) is 8.49. The summed E-state index contributed by atoms with van der Waals surface area (Å²) in [6.07, 6.45) is 2.52. The first-order valence-corrected chi connectivity index (χ1v) is 8.87. The van der Waals surface area contributed by atoms with Crippen LogP contribution in [0.3, 0.4) is 0 Å². The van der Waals surface area contributed by atoms with E-state index in [-0.39, 0.29) is 11.8 Å². The average Bonchev–Trinajstić information content (AvgIpc) is 2.65. The number of aryl methyl sites for hydroxylation is 1. The van der Waals surface area contributed by atoms with Crippen molar-refractivity contribution in [3.8, 4) is 0 Å².